The van der Waals surface area contributed by atoms with E-state index < -0.39 is 0 Å². The Kier molecular flexibility index (Phi) is 2.88. The van der Waals surface area contributed by atoms with Gasteiger partial charge in [-0.15, -0.1) is 0 Å². The van der Waals surface area contributed by atoms with Crippen LogP contribution in [0.4, 0.5) is 0 Å². The van der Waals surface area contributed by atoms with Crippen molar-refractivity contribution >= 4 is 22.6 Å². The minimum absolute atomic E-state index is 0.366. The van der Waals surface area contributed by atoms with Crippen LogP contribution in [0.25, 0.3) is 0 Å². The van der Waals surface area contributed by atoms with Gasteiger partial charge in [-0.1, -0.05) is 0 Å². The summed E-state index contributed by atoms with van der Waals surface area (Å²) in [5.41, 5.74) is 0. The van der Waals surface area contributed by atoms with Crippen molar-refractivity contribution in [3.63, 3.8) is 0 Å². The summed E-state index contributed by atoms with van der Waals surface area (Å²) < 4.78 is 8.72. The molecular weight excluding hydrogens is 279 g/mol. The predicted molar refractivity (Wildman–Crippen MR) is 58.5 cm³/mol. The molecule has 1 fully saturated rings. The summed E-state index contributed by atoms with van der Waals surface area (Å²) in [4.78, 5) is 0. The molecule has 3 nitrogen and oxygen atoms in total. The summed E-state index contributed by atoms with van der Waals surface area (Å²) in [6, 6.07) is 2.01. The SMILES string of the molecule is CC1CCC(Cn2ccc(I)n2)O1. The Bertz CT molecular complexity index is 287. The van der Waals surface area contributed by atoms with Gasteiger partial charge in [0.25, 0.3) is 0 Å². The van der Waals surface area contributed by atoms with Gasteiger partial charge in [-0.05, 0) is 48.4 Å². The summed E-state index contributed by atoms with van der Waals surface area (Å²) in [5.74, 6) is 0. The molecule has 0 amide bonds. The summed E-state index contributed by atoms with van der Waals surface area (Å²) in [5, 5.41) is 4.32. The van der Waals surface area contributed by atoms with Gasteiger partial charge in [0.2, 0.25) is 0 Å². The quantitative estimate of drug-likeness (QED) is 0.780. The molecule has 1 aromatic rings. The monoisotopic (exact) mass is 292 g/mol. The molecule has 0 bridgehead atoms. The molecule has 13 heavy (non-hydrogen) atoms. The number of halogens is 1. The van der Waals surface area contributed by atoms with Crippen LogP contribution >= 0.6 is 22.6 Å². The first-order valence-corrected chi connectivity index (χ1v) is 5.66. The van der Waals surface area contributed by atoms with Gasteiger partial charge in [-0.25, -0.2) is 0 Å². The molecule has 2 unspecified atom stereocenters. The molecule has 1 aromatic heterocycles. The molecule has 2 rings (SSSR count). The van der Waals surface area contributed by atoms with Gasteiger partial charge in [0.15, 0.2) is 0 Å². The second-order valence-electron chi connectivity index (χ2n) is 3.51. The smallest absolute Gasteiger partial charge is 0.123 e. The van der Waals surface area contributed by atoms with Crippen LogP contribution in [0.5, 0.6) is 0 Å². The standard InChI is InChI=1S/C9H13IN2O/c1-7-2-3-8(13-7)6-12-5-4-9(10)11-12/h4-5,7-8H,2-3,6H2,1H3. The van der Waals surface area contributed by atoms with Crippen molar-refractivity contribution in [3.05, 3.63) is 16.0 Å². The van der Waals surface area contributed by atoms with Gasteiger partial charge in [0.1, 0.15) is 3.70 Å². The van der Waals surface area contributed by atoms with E-state index in [2.05, 4.69) is 34.6 Å². The highest BCUT2D eigenvalue weighted by atomic mass is 127. The lowest BCUT2D eigenvalue weighted by Crippen LogP contribution is -2.16. The van der Waals surface area contributed by atoms with Crippen molar-refractivity contribution in [2.45, 2.75) is 38.5 Å². The van der Waals surface area contributed by atoms with Crippen LogP contribution < -0.4 is 0 Å². The Labute approximate surface area is 91.6 Å². The molecule has 1 aliphatic rings. The first kappa shape index (κ1) is 9.45. The zero-order chi connectivity index (χ0) is 9.26. The second kappa shape index (κ2) is 3.96. The van der Waals surface area contributed by atoms with Gasteiger partial charge in [-0.2, -0.15) is 5.10 Å². The molecule has 0 spiro atoms. The van der Waals surface area contributed by atoms with Gasteiger partial charge >= 0.3 is 0 Å². The molecule has 2 heterocycles. The molecule has 72 valence electrons. The van der Waals surface area contributed by atoms with Crippen molar-refractivity contribution in [3.8, 4) is 0 Å². The Morgan fingerprint density at radius 1 is 1.69 bits per heavy atom. The van der Waals surface area contributed by atoms with E-state index in [1.54, 1.807) is 0 Å². The van der Waals surface area contributed by atoms with Crippen molar-refractivity contribution in [2.24, 2.45) is 0 Å². The summed E-state index contributed by atoms with van der Waals surface area (Å²) >= 11 is 2.22. The van der Waals surface area contributed by atoms with E-state index in [1.807, 2.05) is 16.9 Å². The maximum Gasteiger partial charge on any atom is 0.123 e. The molecule has 0 N–H and O–H groups in total. The van der Waals surface area contributed by atoms with Crippen molar-refractivity contribution in [2.75, 3.05) is 0 Å². The molecule has 4 heteroatoms. The van der Waals surface area contributed by atoms with E-state index in [-0.39, 0.29) is 0 Å². The molecule has 0 aliphatic carbocycles. The van der Waals surface area contributed by atoms with Gasteiger partial charge in [0, 0.05) is 6.20 Å². The zero-order valence-electron chi connectivity index (χ0n) is 7.61. The maximum atomic E-state index is 5.71. The first-order chi connectivity index (χ1) is 6.24. The molecule has 1 saturated heterocycles. The zero-order valence-corrected chi connectivity index (χ0v) is 9.77. The van der Waals surface area contributed by atoms with E-state index in [0.717, 1.165) is 16.7 Å². The van der Waals surface area contributed by atoms with Gasteiger partial charge in [-0.3, -0.25) is 4.68 Å². The lowest BCUT2D eigenvalue weighted by molar-refractivity contribution is 0.0436. The first-order valence-electron chi connectivity index (χ1n) is 4.58. The lowest BCUT2D eigenvalue weighted by atomic mass is 10.2. The maximum absolute atomic E-state index is 5.71. The van der Waals surface area contributed by atoms with Crippen LogP contribution in [0.1, 0.15) is 19.8 Å². The molecule has 1 aliphatic heterocycles. The molecule has 0 aromatic carbocycles. The Morgan fingerprint density at radius 3 is 3.08 bits per heavy atom. The van der Waals surface area contributed by atoms with E-state index in [0.29, 0.717) is 12.2 Å². The number of hydrogen-bond acceptors (Lipinski definition) is 2. The van der Waals surface area contributed by atoms with Crippen molar-refractivity contribution in [1.29, 1.82) is 0 Å². The van der Waals surface area contributed by atoms with E-state index >= 15 is 0 Å². The Balaban J connectivity index is 1.91. The van der Waals surface area contributed by atoms with Crippen molar-refractivity contribution < 1.29 is 4.74 Å². The van der Waals surface area contributed by atoms with Gasteiger partial charge in [0.05, 0.1) is 18.8 Å². The molecule has 0 radical (unpaired) electrons. The largest absolute Gasteiger partial charge is 0.373 e. The van der Waals surface area contributed by atoms with E-state index in [9.17, 15) is 0 Å². The lowest BCUT2D eigenvalue weighted by Gasteiger charge is -2.10. The summed E-state index contributed by atoms with van der Waals surface area (Å²) in [6.07, 6.45) is 5.15. The van der Waals surface area contributed by atoms with Crippen LogP contribution in [-0.2, 0) is 11.3 Å². The fourth-order valence-electron chi connectivity index (χ4n) is 1.67. The number of hydrogen-bond donors (Lipinski definition) is 0. The third kappa shape index (κ3) is 2.43. The third-order valence-electron chi connectivity index (χ3n) is 2.32. The minimum Gasteiger partial charge on any atom is -0.373 e. The Morgan fingerprint density at radius 2 is 2.54 bits per heavy atom. The summed E-state index contributed by atoms with van der Waals surface area (Å²) in [7, 11) is 0. The van der Waals surface area contributed by atoms with Gasteiger partial charge < -0.3 is 4.74 Å². The van der Waals surface area contributed by atoms with Crippen LogP contribution in [0.2, 0.25) is 0 Å². The number of nitrogens with zero attached hydrogens (tertiary/aromatic N) is 2. The topological polar surface area (TPSA) is 27.1 Å². The van der Waals surface area contributed by atoms with E-state index in [4.69, 9.17) is 4.74 Å². The minimum atomic E-state index is 0.366. The van der Waals surface area contributed by atoms with Crippen LogP contribution in [0.15, 0.2) is 12.3 Å². The number of ether oxygens (including phenoxy) is 1. The number of aromatic nitrogens is 2. The van der Waals surface area contributed by atoms with Crippen molar-refractivity contribution in [1.82, 2.24) is 9.78 Å². The average Bonchev–Trinajstić information content (AvgIpc) is 2.62. The molecule has 0 saturated carbocycles. The highest BCUT2D eigenvalue weighted by Gasteiger charge is 2.21. The summed E-state index contributed by atoms with van der Waals surface area (Å²) in [6.45, 7) is 3.03. The van der Waals surface area contributed by atoms with Crippen LogP contribution in [0.3, 0.4) is 0 Å². The predicted octanol–water partition coefficient (Wildman–Crippen LogP) is 2.06. The highest BCUT2D eigenvalue weighted by molar-refractivity contribution is 14.1. The molecular formula is C9H13IN2O. The van der Waals surface area contributed by atoms with E-state index in [1.165, 1.54) is 6.42 Å². The number of rotatable bonds is 2. The normalized spacial score (nSPS) is 28.2. The second-order valence-corrected chi connectivity index (χ2v) is 4.61. The fourth-order valence-corrected chi connectivity index (χ4v) is 2.10. The van der Waals surface area contributed by atoms with Crippen LogP contribution in [0, 0.1) is 3.70 Å². The Hall–Kier alpha value is -0.100. The molecule has 2 atom stereocenters. The third-order valence-corrected chi connectivity index (χ3v) is 2.89. The van der Waals surface area contributed by atoms with Crippen LogP contribution in [-0.4, -0.2) is 22.0 Å². The fraction of sp³-hybridized carbons (Fsp3) is 0.667. The average molecular weight is 292 g/mol. The highest BCUT2D eigenvalue weighted by Crippen LogP contribution is 2.20.